The lowest BCUT2D eigenvalue weighted by Crippen LogP contribution is -2.42. The maximum atomic E-state index is 13.4. The van der Waals surface area contributed by atoms with Gasteiger partial charge in [0, 0.05) is 28.4 Å². The Hall–Kier alpha value is -2.92. The van der Waals surface area contributed by atoms with Crippen LogP contribution < -0.4 is 0 Å². The van der Waals surface area contributed by atoms with Gasteiger partial charge < -0.3 is 9.80 Å². The van der Waals surface area contributed by atoms with Gasteiger partial charge in [-0.3, -0.25) is 9.59 Å². The van der Waals surface area contributed by atoms with Crippen molar-refractivity contribution in [1.82, 2.24) is 9.80 Å². The van der Waals surface area contributed by atoms with E-state index in [0.717, 1.165) is 22.4 Å². The van der Waals surface area contributed by atoms with Crippen LogP contribution in [0, 0.1) is 13.8 Å². The first-order valence-electron chi connectivity index (χ1n) is 10.7. The van der Waals surface area contributed by atoms with Crippen LogP contribution in [-0.4, -0.2) is 34.7 Å². The van der Waals surface area contributed by atoms with Crippen molar-refractivity contribution < 1.29 is 9.59 Å². The van der Waals surface area contributed by atoms with Crippen molar-refractivity contribution in [2.24, 2.45) is 0 Å². The van der Waals surface area contributed by atoms with Crippen LogP contribution in [0.25, 0.3) is 0 Å². The van der Waals surface area contributed by atoms with E-state index in [-0.39, 0.29) is 18.4 Å². The Morgan fingerprint density at radius 2 is 1.55 bits per heavy atom. The third-order valence-corrected chi connectivity index (χ3v) is 6.10. The fourth-order valence-electron chi connectivity index (χ4n) is 3.46. The first-order valence-corrected chi connectivity index (χ1v) is 11.5. The summed E-state index contributed by atoms with van der Waals surface area (Å²) in [4.78, 5) is 32.3. The lowest BCUT2D eigenvalue weighted by molar-refractivity contribution is -0.133. The van der Waals surface area contributed by atoms with Crippen molar-refractivity contribution in [3.63, 3.8) is 0 Å². The average Bonchev–Trinajstić information content (AvgIpc) is 3.18. The molecule has 0 unspecified atom stereocenters. The van der Waals surface area contributed by atoms with Gasteiger partial charge in [-0.25, -0.2) is 0 Å². The molecule has 4 nitrogen and oxygen atoms in total. The second-order valence-corrected chi connectivity index (χ2v) is 9.21. The highest BCUT2D eigenvalue weighted by Gasteiger charge is 2.22. The molecule has 1 heterocycles. The fourth-order valence-corrected chi connectivity index (χ4v) is 4.36. The molecule has 0 aliphatic rings. The number of benzene rings is 2. The maximum Gasteiger partial charge on any atom is 0.254 e. The predicted molar refractivity (Wildman–Crippen MR) is 127 cm³/mol. The Kier molecular flexibility index (Phi) is 8.01. The number of nitrogens with zero attached hydrogens (tertiary/aromatic N) is 2. The van der Waals surface area contributed by atoms with Gasteiger partial charge in [-0.2, -0.15) is 0 Å². The number of aryl methyl sites for hydroxylation is 2. The van der Waals surface area contributed by atoms with E-state index in [4.69, 9.17) is 0 Å². The highest BCUT2D eigenvalue weighted by atomic mass is 32.1. The summed E-state index contributed by atoms with van der Waals surface area (Å²) in [5, 5.41) is 0. The molecule has 162 valence electrons. The van der Waals surface area contributed by atoms with E-state index < -0.39 is 0 Å². The molecule has 2 aromatic carbocycles. The SMILES string of the molecule is CCCN(CC(=O)N(Cc1ccccc1)Cc1ccc(C)s1)C(=O)c1ccc(C)cc1. The van der Waals surface area contributed by atoms with Gasteiger partial charge in [0.05, 0.1) is 6.54 Å². The van der Waals surface area contributed by atoms with Gasteiger partial charge in [0.2, 0.25) is 5.91 Å². The molecule has 0 atom stereocenters. The van der Waals surface area contributed by atoms with Gasteiger partial charge in [0.15, 0.2) is 0 Å². The number of carbonyl (C=O) groups is 2. The first-order chi connectivity index (χ1) is 15.0. The lowest BCUT2D eigenvalue weighted by atomic mass is 10.1. The fraction of sp³-hybridized carbons (Fsp3) is 0.308. The van der Waals surface area contributed by atoms with Gasteiger partial charge in [-0.1, -0.05) is 55.0 Å². The first kappa shape index (κ1) is 22.8. The topological polar surface area (TPSA) is 40.6 Å². The van der Waals surface area contributed by atoms with Crippen molar-refractivity contribution in [3.8, 4) is 0 Å². The average molecular weight is 435 g/mol. The number of amides is 2. The molecule has 0 saturated heterocycles. The van der Waals surface area contributed by atoms with Crippen LogP contribution in [0.3, 0.4) is 0 Å². The van der Waals surface area contributed by atoms with Crippen LogP contribution >= 0.6 is 11.3 Å². The zero-order valence-electron chi connectivity index (χ0n) is 18.5. The molecular formula is C26H30N2O2S. The molecule has 3 rings (SSSR count). The molecule has 0 bridgehead atoms. The number of carbonyl (C=O) groups excluding carboxylic acids is 2. The molecular weight excluding hydrogens is 404 g/mol. The predicted octanol–water partition coefficient (Wildman–Crippen LogP) is 5.45. The third kappa shape index (κ3) is 6.53. The molecule has 0 fully saturated rings. The van der Waals surface area contributed by atoms with Gasteiger partial charge in [-0.05, 0) is 50.1 Å². The molecule has 0 spiro atoms. The Labute approximate surface area is 189 Å². The Morgan fingerprint density at radius 3 is 2.16 bits per heavy atom. The van der Waals surface area contributed by atoms with E-state index in [1.807, 2.05) is 73.3 Å². The molecule has 5 heteroatoms. The molecule has 2 amide bonds. The van der Waals surface area contributed by atoms with Crippen molar-refractivity contribution in [2.45, 2.75) is 40.3 Å². The van der Waals surface area contributed by atoms with E-state index in [0.29, 0.717) is 25.2 Å². The second kappa shape index (κ2) is 10.9. The van der Waals surface area contributed by atoms with E-state index >= 15 is 0 Å². The second-order valence-electron chi connectivity index (χ2n) is 7.84. The normalized spacial score (nSPS) is 10.7. The summed E-state index contributed by atoms with van der Waals surface area (Å²) < 4.78 is 0. The van der Waals surface area contributed by atoms with Crippen LogP contribution in [0.1, 0.15) is 44.6 Å². The summed E-state index contributed by atoms with van der Waals surface area (Å²) >= 11 is 1.70. The zero-order valence-corrected chi connectivity index (χ0v) is 19.3. The largest absolute Gasteiger partial charge is 0.332 e. The van der Waals surface area contributed by atoms with Crippen LogP contribution in [0.15, 0.2) is 66.7 Å². The van der Waals surface area contributed by atoms with Crippen LogP contribution in [0.2, 0.25) is 0 Å². The summed E-state index contributed by atoms with van der Waals surface area (Å²) in [7, 11) is 0. The molecule has 1 aromatic heterocycles. The summed E-state index contributed by atoms with van der Waals surface area (Å²) in [6.45, 7) is 7.79. The van der Waals surface area contributed by atoms with Crippen molar-refractivity contribution in [1.29, 1.82) is 0 Å². The minimum absolute atomic E-state index is 0.0381. The monoisotopic (exact) mass is 434 g/mol. The molecule has 0 radical (unpaired) electrons. The van der Waals surface area contributed by atoms with Crippen molar-refractivity contribution in [2.75, 3.05) is 13.1 Å². The zero-order chi connectivity index (χ0) is 22.2. The lowest BCUT2D eigenvalue weighted by Gasteiger charge is -2.27. The number of hydrogen-bond acceptors (Lipinski definition) is 3. The standard InChI is InChI=1S/C26H30N2O2S/c1-4-16-27(26(30)23-13-10-20(2)11-14-23)19-25(29)28(17-22-8-6-5-7-9-22)18-24-15-12-21(3)31-24/h5-15H,4,16-19H2,1-3H3. The summed E-state index contributed by atoms with van der Waals surface area (Å²) in [5.41, 5.74) is 2.81. The Morgan fingerprint density at radius 1 is 0.839 bits per heavy atom. The molecule has 0 saturated carbocycles. The number of hydrogen-bond donors (Lipinski definition) is 0. The van der Waals surface area contributed by atoms with E-state index in [1.54, 1.807) is 16.2 Å². The van der Waals surface area contributed by atoms with Gasteiger partial charge >= 0.3 is 0 Å². The van der Waals surface area contributed by atoms with Crippen LogP contribution in [0.4, 0.5) is 0 Å². The number of thiophene rings is 1. The van der Waals surface area contributed by atoms with Crippen molar-refractivity contribution in [3.05, 3.63) is 93.2 Å². The smallest absolute Gasteiger partial charge is 0.254 e. The molecule has 31 heavy (non-hydrogen) atoms. The van der Waals surface area contributed by atoms with E-state index in [9.17, 15) is 9.59 Å². The van der Waals surface area contributed by atoms with Gasteiger partial charge in [0.25, 0.3) is 5.91 Å². The summed E-state index contributed by atoms with van der Waals surface area (Å²) in [5.74, 6) is -0.134. The highest BCUT2D eigenvalue weighted by molar-refractivity contribution is 7.11. The molecule has 0 aliphatic carbocycles. The van der Waals surface area contributed by atoms with Crippen LogP contribution in [-0.2, 0) is 17.9 Å². The molecule has 0 N–H and O–H groups in total. The maximum absolute atomic E-state index is 13.4. The molecule has 3 aromatic rings. The minimum Gasteiger partial charge on any atom is -0.332 e. The van der Waals surface area contributed by atoms with Gasteiger partial charge in [0.1, 0.15) is 6.54 Å². The minimum atomic E-state index is -0.0955. The quantitative estimate of drug-likeness (QED) is 0.450. The molecule has 0 aliphatic heterocycles. The Balaban J connectivity index is 1.78. The van der Waals surface area contributed by atoms with E-state index in [2.05, 4.69) is 19.1 Å². The third-order valence-electron chi connectivity index (χ3n) is 5.12. The number of rotatable bonds is 9. The summed E-state index contributed by atoms with van der Waals surface area (Å²) in [6.07, 6.45) is 0.799. The summed E-state index contributed by atoms with van der Waals surface area (Å²) in [6, 6.07) is 21.7. The van der Waals surface area contributed by atoms with Crippen LogP contribution in [0.5, 0.6) is 0 Å². The van der Waals surface area contributed by atoms with E-state index in [1.165, 1.54) is 4.88 Å². The Bertz CT molecular complexity index is 996. The highest BCUT2D eigenvalue weighted by Crippen LogP contribution is 2.19. The van der Waals surface area contributed by atoms with Crippen molar-refractivity contribution >= 4 is 23.2 Å². The van der Waals surface area contributed by atoms with Gasteiger partial charge in [-0.15, -0.1) is 11.3 Å².